The van der Waals surface area contributed by atoms with E-state index in [0.29, 0.717) is 6.04 Å². The van der Waals surface area contributed by atoms with Gasteiger partial charge in [0.2, 0.25) is 0 Å². The van der Waals surface area contributed by atoms with E-state index in [-0.39, 0.29) is 5.75 Å². The van der Waals surface area contributed by atoms with Crippen molar-refractivity contribution in [1.29, 1.82) is 0 Å². The number of hydrogen-bond donors (Lipinski definition) is 1. The summed E-state index contributed by atoms with van der Waals surface area (Å²) in [5.74, 6) is 0.556. The molecule has 5 rings (SSSR count). The van der Waals surface area contributed by atoms with Crippen LogP contribution in [0.5, 0.6) is 5.75 Å². The van der Waals surface area contributed by atoms with Crippen LogP contribution < -0.4 is 10.1 Å². The number of benzene rings is 2. The van der Waals surface area contributed by atoms with E-state index in [0.717, 1.165) is 53.4 Å². The summed E-state index contributed by atoms with van der Waals surface area (Å²) in [4.78, 5) is 11.4. The molecule has 1 aliphatic heterocycles. The van der Waals surface area contributed by atoms with Crippen LogP contribution in [0.2, 0.25) is 0 Å². The molecule has 0 bridgehead atoms. The van der Waals surface area contributed by atoms with Gasteiger partial charge in [0.1, 0.15) is 17.9 Å². The summed E-state index contributed by atoms with van der Waals surface area (Å²) in [6, 6.07) is 12.8. The zero-order chi connectivity index (χ0) is 20.7. The predicted molar refractivity (Wildman–Crippen MR) is 108 cm³/mol. The lowest BCUT2D eigenvalue weighted by Crippen LogP contribution is -2.28. The van der Waals surface area contributed by atoms with Crippen molar-refractivity contribution in [2.24, 2.45) is 0 Å². The maximum atomic E-state index is 12.4. The molecule has 0 unspecified atom stereocenters. The Bertz CT molecular complexity index is 1050. The van der Waals surface area contributed by atoms with Gasteiger partial charge in [-0.05, 0) is 54.7 Å². The van der Waals surface area contributed by atoms with E-state index in [4.69, 9.17) is 0 Å². The van der Waals surface area contributed by atoms with E-state index in [1.165, 1.54) is 25.0 Å². The zero-order valence-corrected chi connectivity index (χ0v) is 16.2. The normalized spacial score (nSPS) is 19.9. The molecule has 2 aliphatic rings. The number of alkyl halides is 3. The fourth-order valence-electron chi connectivity index (χ4n) is 4.07. The van der Waals surface area contributed by atoms with Gasteiger partial charge in [-0.3, -0.25) is 4.90 Å². The number of aromatic nitrogens is 2. The molecular formula is C22H21F3N4O. The Hall–Kier alpha value is -2.87. The Kier molecular flexibility index (Phi) is 4.73. The fraction of sp³-hybridized carbons (Fsp3) is 0.364. The lowest BCUT2D eigenvalue weighted by molar-refractivity contribution is -0.274. The van der Waals surface area contributed by atoms with Crippen LogP contribution in [0.15, 0.2) is 48.8 Å². The van der Waals surface area contributed by atoms with Gasteiger partial charge >= 0.3 is 6.36 Å². The molecule has 1 atom stereocenters. The largest absolute Gasteiger partial charge is 0.573 e. The van der Waals surface area contributed by atoms with Gasteiger partial charge in [0.05, 0.1) is 5.52 Å². The van der Waals surface area contributed by atoms with Crippen LogP contribution in [0.25, 0.3) is 22.0 Å². The molecule has 1 saturated heterocycles. The Morgan fingerprint density at radius 2 is 1.73 bits per heavy atom. The van der Waals surface area contributed by atoms with Gasteiger partial charge in [-0.25, -0.2) is 9.97 Å². The minimum Gasteiger partial charge on any atom is -0.406 e. The topological polar surface area (TPSA) is 50.3 Å². The second-order valence-corrected chi connectivity index (χ2v) is 7.88. The first-order valence-electron chi connectivity index (χ1n) is 10.1. The number of ether oxygens (including phenoxy) is 1. The van der Waals surface area contributed by atoms with Crippen molar-refractivity contribution in [2.45, 2.75) is 37.7 Å². The summed E-state index contributed by atoms with van der Waals surface area (Å²) in [5.41, 5.74) is 2.50. The van der Waals surface area contributed by atoms with Crippen LogP contribution in [0.1, 0.15) is 19.3 Å². The van der Waals surface area contributed by atoms with Crippen LogP contribution in [0.4, 0.5) is 19.0 Å². The van der Waals surface area contributed by atoms with Crippen molar-refractivity contribution in [3.05, 3.63) is 48.8 Å². The molecule has 1 N–H and O–H groups in total. The van der Waals surface area contributed by atoms with Crippen molar-refractivity contribution in [2.75, 3.05) is 18.4 Å². The van der Waals surface area contributed by atoms with Gasteiger partial charge in [0.25, 0.3) is 0 Å². The zero-order valence-electron chi connectivity index (χ0n) is 16.2. The lowest BCUT2D eigenvalue weighted by Gasteiger charge is -2.17. The fourth-order valence-corrected chi connectivity index (χ4v) is 4.07. The molecule has 5 nitrogen and oxygen atoms in total. The SMILES string of the molecule is FC(F)(F)Oc1ccc(-c2ccc3ncnc(N[C@H]4CCN(C5CC5)C4)c3c2)cc1. The highest BCUT2D eigenvalue weighted by Gasteiger charge is 2.34. The van der Waals surface area contributed by atoms with E-state index in [1.807, 2.05) is 18.2 Å². The van der Waals surface area contributed by atoms with Gasteiger partial charge in [0, 0.05) is 30.6 Å². The molecule has 0 amide bonds. The number of likely N-dealkylation sites (tertiary alicyclic amines) is 1. The van der Waals surface area contributed by atoms with Crippen molar-refractivity contribution in [3.8, 4) is 16.9 Å². The predicted octanol–water partition coefficient (Wildman–Crippen LogP) is 4.84. The van der Waals surface area contributed by atoms with Crippen LogP contribution in [-0.4, -0.2) is 46.4 Å². The van der Waals surface area contributed by atoms with Crippen molar-refractivity contribution in [1.82, 2.24) is 14.9 Å². The Morgan fingerprint density at radius 1 is 0.967 bits per heavy atom. The van der Waals surface area contributed by atoms with Gasteiger partial charge < -0.3 is 10.1 Å². The average Bonchev–Trinajstić information content (AvgIpc) is 3.47. The smallest absolute Gasteiger partial charge is 0.406 e. The Balaban J connectivity index is 1.38. The molecule has 0 spiro atoms. The third-order valence-electron chi connectivity index (χ3n) is 5.68. The molecular weight excluding hydrogens is 393 g/mol. The first kappa shape index (κ1) is 19.1. The second kappa shape index (κ2) is 7.43. The molecule has 2 heterocycles. The highest BCUT2D eigenvalue weighted by atomic mass is 19.4. The highest BCUT2D eigenvalue weighted by molar-refractivity contribution is 5.92. The number of nitrogens with zero attached hydrogens (tertiary/aromatic N) is 3. The summed E-state index contributed by atoms with van der Waals surface area (Å²) in [5, 5.41) is 4.47. The summed E-state index contributed by atoms with van der Waals surface area (Å²) < 4.78 is 41.1. The van der Waals surface area contributed by atoms with Crippen LogP contribution in [0.3, 0.4) is 0 Å². The van der Waals surface area contributed by atoms with Gasteiger partial charge in [0.15, 0.2) is 0 Å². The van der Waals surface area contributed by atoms with Gasteiger partial charge in [-0.1, -0.05) is 18.2 Å². The summed E-state index contributed by atoms with van der Waals surface area (Å²) >= 11 is 0. The molecule has 30 heavy (non-hydrogen) atoms. The molecule has 1 aromatic heterocycles. The number of fused-ring (bicyclic) bond motifs is 1. The summed E-state index contributed by atoms with van der Waals surface area (Å²) in [7, 11) is 0. The van der Waals surface area contributed by atoms with Gasteiger partial charge in [-0.2, -0.15) is 0 Å². The maximum absolute atomic E-state index is 12.4. The molecule has 8 heteroatoms. The molecule has 1 aliphatic carbocycles. The number of nitrogens with one attached hydrogen (secondary N) is 1. The minimum atomic E-state index is -4.70. The summed E-state index contributed by atoms with van der Waals surface area (Å²) in [6.07, 6.45) is 0.555. The molecule has 1 saturated carbocycles. The van der Waals surface area contributed by atoms with E-state index in [1.54, 1.807) is 18.5 Å². The molecule has 2 aromatic carbocycles. The standard InChI is InChI=1S/C22H21F3N4O/c23-22(24,25)30-18-6-1-14(2-7-18)15-3-8-20-19(11-15)21(27-13-26-20)28-16-9-10-29(12-16)17-4-5-17/h1-3,6-8,11,13,16-17H,4-5,9-10,12H2,(H,26,27,28)/t16-/m0/s1. The quantitative estimate of drug-likeness (QED) is 0.647. The van der Waals surface area contributed by atoms with Crippen molar-refractivity contribution >= 4 is 16.7 Å². The highest BCUT2D eigenvalue weighted by Crippen LogP contribution is 2.32. The Labute approximate surface area is 171 Å². The number of rotatable bonds is 5. The van der Waals surface area contributed by atoms with E-state index < -0.39 is 6.36 Å². The van der Waals surface area contributed by atoms with E-state index >= 15 is 0 Å². The Morgan fingerprint density at radius 3 is 2.47 bits per heavy atom. The van der Waals surface area contributed by atoms with E-state index in [9.17, 15) is 13.2 Å². The van der Waals surface area contributed by atoms with Crippen molar-refractivity contribution < 1.29 is 17.9 Å². The molecule has 156 valence electrons. The molecule has 3 aromatic rings. The molecule has 0 radical (unpaired) electrons. The maximum Gasteiger partial charge on any atom is 0.573 e. The first-order chi connectivity index (χ1) is 14.4. The van der Waals surface area contributed by atoms with Crippen LogP contribution in [-0.2, 0) is 0 Å². The van der Waals surface area contributed by atoms with Crippen LogP contribution in [0, 0.1) is 0 Å². The number of anilines is 1. The third kappa shape index (κ3) is 4.18. The third-order valence-corrected chi connectivity index (χ3v) is 5.68. The first-order valence-corrected chi connectivity index (χ1v) is 10.1. The van der Waals surface area contributed by atoms with Crippen LogP contribution >= 0.6 is 0 Å². The lowest BCUT2D eigenvalue weighted by atomic mass is 10.0. The van der Waals surface area contributed by atoms with Gasteiger partial charge in [-0.15, -0.1) is 13.2 Å². The average molecular weight is 414 g/mol. The summed E-state index contributed by atoms with van der Waals surface area (Å²) in [6.45, 7) is 2.14. The molecule has 2 fully saturated rings. The minimum absolute atomic E-state index is 0.237. The monoisotopic (exact) mass is 414 g/mol. The van der Waals surface area contributed by atoms with Crippen molar-refractivity contribution in [3.63, 3.8) is 0 Å². The number of hydrogen-bond acceptors (Lipinski definition) is 5. The second-order valence-electron chi connectivity index (χ2n) is 7.88. The van der Waals surface area contributed by atoms with E-state index in [2.05, 4.69) is 24.9 Å². The number of halogens is 3.